The molecule has 0 aromatic heterocycles. The Labute approximate surface area is 126 Å². The highest BCUT2D eigenvalue weighted by molar-refractivity contribution is 6.30. The van der Waals surface area contributed by atoms with Crippen LogP contribution in [0, 0.1) is 0 Å². The number of rotatable bonds is 9. The number of halogens is 1. The lowest BCUT2D eigenvalue weighted by Crippen LogP contribution is -2.33. The van der Waals surface area contributed by atoms with Gasteiger partial charge in [-0.3, -0.25) is 4.79 Å². The third-order valence-corrected chi connectivity index (χ3v) is 3.43. The molecular formula is C16H25ClN2O. The van der Waals surface area contributed by atoms with Crippen molar-refractivity contribution in [2.45, 2.75) is 51.5 Å². The second-order valence-electron chi connectivity index (χ2n) is 5.26. The first kappa shape index (κ1) is 17.0. The molecule has 20 heavy (non-hydrogen) atoms. The largest absolute Gasteiger partial charge is 0.353 e. The van der Waals surface area contributed by atoms with Gasteiger partial charge in [0.2, 0.25) is 5.91 Å². The number of hydrogen-bond acceptors (Lipinski definition) is 2. The maximum Gasteiger partial charge on any atom is 0.220 e. The number of nitrogens with one attached hydrogen (secondary N) is 1. The van der Waals surface area contributed by atoms with Crippen LogP contribution < -0.4 is 11.1 Å². The number of carbonyl (C=O) groups is 1. The summed E-state index contributed by atoms with van der Waals surface area (Å²) in [7, 11) is 0. The SMILES string of the molecule is CC(Cc1cccc(Cl)c1)NC(=O)CCCCCCN. The predicted molar refractivity (Wildman–Crippen MR) is 84.9 cm³/mol. The van der Waals surface area contributed by atoms with E-state index in [0.29, 0.717) is 6.42 Å². The van der Waals surface area contributed by atoms with Crippen molar-refractivity contribution in [1.29, 1.82) is 0 Å². The summed E-state index contributed by atoms with van der Waals surface area (Å²) < 4.78 is 0. The Kier molecular flexibility index (Phi) is 8.31. The lowest BCUT2D eigenvalue weighted by atomic mass is 10.1. The van der Waals surface area contributed by atoms with Gasteiger partial charge in [0.1, 0.15) is 0 Å². The Balaban J connectivity index is 2.21. The Hall–Kier alpha value is -1.06. The standard InChI is InChI=1S/C16H25ClN2O/c1-13(11-14-7-6-8-15(17)12-14)19-16(20)9-4-2-3-5-10-18/h6-8,12-13H,2-5,9-11,18H2,1H3,(H,19,20). The van der Waals surface area contributed by atoms with Crippen LogP contribution in [-0.2, 0) is 11.2 Å². The number of nitrogens with two attached hydrogens (primary N) is 1. The molecule has 4 heteroatoms. The second kappa shape index (κ2) is 9.78. The molecule has 0 aliphatic rings. The molecule has 1 aromatic carbocycles. The fourth-order valence-corrected chi connectivity index (χ4v) is 2.41. The van der Waals surface area contributed by atoms with E-state index in [1.54, 1.807) is 0 Å². The van der Waals surface area contributed by atoms with E-state index in [1.807, 2.05) is 31.2 Å². The van der Waals surface area contributed by atoms with Gasteiger partial charge in [0, 0.05) is 17.5 Å². The van der Waals surface area contributed by atoms with Crippen molar-refractivity contribution in [3.05, 3.63) is 34.9 Å². The topological polar surface area (TPSA) is 55.1 Å². The van der Waals surface area contributed by atoms with E-state index >= 15 is 0 Å². The van der Waals surface area contributed by atoms with Crippen LogP contribution in [0.5, 0.6) is 0 Å². The van der Waals surface area contributed by atoms with E-state index in [9.17, 15) is 4.79 Å². The summed E-state index contributed by atoms with van der Waals surface area (Å²) in [6.07, 6.45) is 5.58. The normalized spacial score (nSPS) is 12.2. The first-order chi connectivity index (χ1) is 9.61. The van der Waals surface area contributed by atoms with Crippen LogP contribution in [0.3, 0.4) is 0 Å². The van der Waals surface area contributed by atoms with Crippen LogP contribution in [0.15, 0.2) is 24.3 Å². The van der Waals surface area contributed by atoms with Crippen LogP contribution in [-0.4, -0.2) is 18.5 Å². The molecule has 112 valence electrons. The highest BCUT2D eigenvalue weighted by atomic mass is 35.5. The minimum atomic E-state index is 0.130. The molecular weight excluding hydrogens is 272 g/mol. The minimum absolute atomic E-state index is 0.130. The maximum atomic E-state index is 11.8. The molecule has 0 bridgehead atoms. The van der Waals surface area contributed by atoms with Crippen molar-refractivity contribution >= 4 is 17.5 Å². The highest BCUT2D eigenvalue weighted by Crippen LogP contribution is 2.12. The maximum absolute atomic E-state index is 11.8. The quantitative estimate of drug-likeness (QED) is 0.687. The number of hydrogen-bond donors (Lipinski definition) is 2. The number of benzene rings is 1. The molecule has 3 N–H and O–H groups in total. The second-order valence-corrected chi connectivity index (χ2v) is 5.69. The molecule has 0 saturated heterocycles. The average molecular weight is 297 g/mol. The summed E-state index contributed by atoms with van der Waals surface area (Å²) in [4.78, 5) is 11.8. The zero-order valence-corrected chi connectivity index (χ0v) is 13.0. The van der Waals surface area contributed by atoms with Gasteiger partial charge in [-0.1, -0.05) is 36.6 Å². The van der Waals surface area contributed by atoms with Gasteiger partial charge in [-0.25, -0.2) is 0 Å². The molecule has 1 aromatic rings. The Morgan fingerprint density at radius 3 is 2.75 bits per heavy atom. The predicted octanol–water partition coefficient (Wildman–Crippen LogP) is 3.30. The molecule has 0 fully saturated rings. The monoisotopic (exact) mass is 296 g/mol. The third-order valence-electron chi connectivity index (χ3n) is 3.20. The number of carbonyl (C=O) groups excluding carboxylic acids is 1. The summed E-state index contributed by atoms with van der Waals surface area (Å²) >= 11 is 5.95. The molecule has 0 spiro atoms. The molecule has 0 radical (unpaired) electrons. The molecule has 1 unspecified atom stereocenters. The lowest BCUT2D eigenvalue weighted by Gasteiger charge is -2.14. The van der Waals surface area contributed by atoms with Crippen molar-refractivity contribution in [2.24, 2.45) is 5.73 Å². The van der Waals surface area contributed by atoms with Crippen LogP contribution in [0.4, 0.5) is 0 Å². The molecule has 3 nitrogen and oxygen atoms in total. The fourth-order valence-electron chi connectivity index (χ4n) is 2.20. The van der Waals surface area contributed by atoms with Crippen molar-refractivity contribution in [2.75, 3.05) is 6.54 Å². The highest BCUT2D eigenvalue weighted by Gasteiger charge is 2.08. The summed E-state index contributed by atoms with van der Waals surface area (Å²) in [5, 5.41) is 3.77. The third kappa shape index (κ3) is 7.51. The van der Waals surface area contributed by atoms with E-state index in [-0.39, 0.29) is 11.9 Å². The summed E-state index contributed by atoms with van der Waals surface area (Å²) in [6.45, 7) is 2.76. The van der Waals surface area contributed by atoms with Gasteiger partial charge in [-0.15, -0.1) is 0 Å². The number of unbranched alkanes of at least 4 members (excludes halogenated alkanes) is 3. The van der Waals surface area contributed by atoms with Gasteiger partial charge in [-0.05, 0) is 50.4 Å². The number of amides is 1. The average Bonchev–Trinajstić information content (AvgIpc) is 2.38. The first-order valence-corrected chi connectivity index (χ1v) is 7.73. The Morgan fingerprint density at radius 2 is 2.05 bits per heavy atom. The van der Waals surface area contributed by atoms with E-state index < -0.39 is 0 Å². The van der Waals surface area contributed by atoms with Crippen LogP contribution in [0.25, 0.3) is 0 Å². The van der Waals surface area contributed by atoms with Crippen molar-refractivity contribution < 1.29 is 4.79 Å². The van der Waals surface area contributed by atoms with Gasteiger partial charge in [0.05, 0.1) is 0 Å². The first-order valence-electron chi connectivity index (χ1n) is 7.35. The van der Waals surface area contributed by atoms with Crippen molar-refractivity contribution in [3.63, 3.8) is 0 Å². The Bertz CT molecular complexity index is 409. The molecule has 1 rings (SSSR count). The smallest absolute Gasteiger partial charge is 0.220 e. The van der Waals surface area contributed by atoms with E-state index in [4.69, 9.17) is 17.3 Å². The Morgan fingerprint density at radius 1 is 1.30 bits per heavy atom. The van der Waals surface area contributed by atoms with Crippen LogP contribution in [0.1, 0.15) is 44.6 Å². The fraction of sp³-hybridized carbons (Fsp3) is 0.562. The molecule has 0 saturated carbocycles. The summed E-state index contributed by atoms with van der Waals surface area (Å²) in [5.41, 5.74) is 6.58. The van der Waals surface area contributed by atoms with Crippen molar-refractivity contribution in [3.8, 4) is 0 Å². The van der Waals surface area contributed by atoms with Gasteiger partial charge in [-0.2, -0.15) is 0 Å². The van der Waals surface area contributed by atoms with E-state index in [1.165, 1.54) is 0 Å². The zero-order chi connectivity index (χ0) is 14.8. The van der Waals surface area contributed by atoms with Crippen LogP contribution in [0.2, 0.25) is 5.02 Å². The minimum Gasteiger partial charge on any atom is -0.353 e. The van der Waals surface area contributed by atoms with Crippen molar-refractivity contribution in [1.82, 2.24) is 5.32 Å². The molecule has 0 aliphatic carbocycles. The molecule has 0 aliphatic heterocycles. The summed E-state index contributed by atoms with van der Waals surface area (Å²) in [6, 6.07) is 7.89. The van der Waals surface area contributed by atoms with Gasteiger partial charge >= 0.3 is 0 Å². The molecule has 1 amide bonds. The van der Waals surface area contributed by atoms with Gasteiger partial charge < -0.3 is 11.1 Å². The van der Waals surface area contributed by atoms with E-state index in [2.05, 4.69) is 5.32 Å². The zero-order valence-electron chi connectivity index (χ0n) is 12.2. The van der Waals surface area contributed by atoms with E-state index in [0.717, 1.165) is 49.2 Å². The summed E-state index contributed by atoms with van der Waals surface area (Å²) in [5.74, 6) is 0.132. The van der Waals surface area contributed by atoms with Gasteiger partial charge in [0.25, 0.3) is 0 Å². The van der Waals surface area contributed by atoms with Crippen LogP contribution >= 0.6 is 11.6 Å². The lowest BCUT2D eigenvalue weighted by molar-refractivity contribution is -0.121. The van der Waals surface area contributed by atoms with Gasteiger partial charge in [0.15, 0.2) is 0 Å². The molecule has 0 heterocycles. The molecule has 1 atom stereocenters.